The second kappa shape index (κ2) is 8.58. The van der Waals surface area contributed by atoms with Gasteiger partial charge in [-0.25, -0.2) is 0 Å². The van der Waals surface area contributed by atoms with Crippen LogP contribution >= 0.6 is 27.7 Å². The maximum Gasteiger partial charge on any atom is 0.283 e. The van der Waals surface area contributed by atoms with Gasteiger partial charge < -0.3 is 9.64 Å². The largest absolute Gasteiger partial charge is 0.496 e. The standard InChI is InChI=1S/C19H27BrN2O2S/c1-6-7-10-22-12-16(19(2,3)4)25-18(22)21-17(23)14-9-8-13(20)11-15(14)24-5/h8-9,11,16H,6-7,10,12H2,1-5H3. The Morgan fingerprint density at radius 3 is 2.76 bits per heavy atom. The van der Waals surface area contributed by atoms with Gasteiger partial charge in [-0.2, -0.15) is 4.99 Å². The molecular weight excluding hydrogens is 400 g/mol. The van der Waals surface area contributed by atoms with Crippen LogP contribution in [0, 0.1) is 5.41 Å². The minimum absolute atomic E-state index is 0.171. The molecule has 138 valence electrons. The first kappa shape index (κ1) is 20.3. The molecule has 0 spiro atoms. The Morgan fingerprint density at radius 2 is 2.16 bits per heavy atom. The smallest absolute Gasteiger partial charge is 0.283 e. The summed E-state index contributed by atoms with van der Waals surface area (Å²) in [6.45, 7) is 10.8. The van der Waals surface area contributed by atoms with Gasteiger partial charge in [0.15, 0.2) is 5.17 Å². The van der Waals surface area contributed by atoms with Gasteiger partial charge in [0.2, 0.25) is 0 Å². The van der Waals surface area contributed by atoms with E-state index in [-0.39, 0.29) is 11.3 Å². The average Bonchev–Trinajstić information content (AvgIpc) is 2.95. The van der Waals surface area contributed by atoms with Crippen LogP contribution in [0.25, 0.3) is 0 Å². The van der Waals surface area contributed by atoms with Crippen molar-refractivity contribution in [2.24, 2.45) is 10.4 Å². The van der Waals surface area contributed by atoms with Crippen LogP contribution in [0.4, 0.5) is 0 Å². The van der Waals surface area contributed by atoms with Crippen LogP contribution in [0.1, 0.15) is 50.9 Å². The zero-order chi connectivity index (χ0) is 18.6. The summed E-state index contributed by atoms with van der Waals surface area (Å²) in [4.78, 5) is 19.5. The number of hydrogen-bond donors (Lipinski definition) is 0. The van der Waals surface area contributed by atoms with Crippen molar-refractivity contribution in [3.05, 3.63) is 28.2 Å². The maximum atomic E-state index is 12.7. The van der Waals surface area contributed by atoms with E-state index in [1.165, 1.54) is 0 Å². The summed E-state index contributed by atoms with van der Waals surface area (Å²) >= 11 is 5.12. The van der Waals surface area contributed by atoms with Gasteiger partial charge in [-0.05, 0) is 30.0 Å². The number of hydrogen-bond acceptors (Lipinski definition) is 3. The predicted octanol–water partition coefficient (Wildman–Crippen LogP) is 5.22. The summed E-state index contributed by atoms with van der Waals surface area (Å²) < 4.78 is 6.21. The van der Waals surface area contributed by atoms with E-state index in [4.69, 9.17) is 4.74 Å². The van der Waals surface area contributed by atoms with Crippen LogP contribution in [0.2, 0.25) is 0 Å². The fourth-order valence-corrected chi connectivity index (χ4v) is 4.24. The molecule has 1 atom stereocenters. The molecular formula is C19H27BrN2O2S. The van der Waals surface area contributed by atoms with Gasteiger partial charge in [-0.3, -0.25) is 4.79 Å². The molecule has 1 aliphatic heterocycles. The number of benzene rings is 1. The molecule has 0 N–H and O–H groups in total. The molecule has 1 unspecified atom stereocenters. The first-order chi connectivity index (χ1) is 11.8. The lowest BCUT2D eigenvalue weighted by atomic mass is 9.91. The molecule has 4 nitrogen and oxygen atoms in total. The molecule has 0 aliphatic carbocycles. The number of halogens is 1. The lowest BCUT2D eigenvalue weighted by Gasteiger charge is -2.25. The molecule has 0 bridgehead atoms. The number of aliphatic imine (C=N–C) groups is 1. The Labute approximate surface area is 163 Å². The van der Waals surface area contributed by atoms with Crippen molar-refractivity contribution in [2.45, 2.75) is 45.8 Å². The lowest BCUT2D eigenvalue weighted by Crippen LogP contribution is -2.31. The van der Waals surface area contributed by atoms with E-state index in [1.807, 2.05) is 6.07 Å². The van der Waals surface area contributed by atoms with E-state index in [0.717, 1.165) is 35.6 Å². The molecule has 0 saturated carbocycles. The molecule has 1 saturated heterocycles. The van der Waals surface area contributed by atoms with Crippen molar-refractivity contribution < 1.29 is 9.53 Å². The Morgan fingerprint density at radius 1 is 1.44 bits per heavy atom. The summed E-state index contributed by atoms with van der Waals surface area (Å²) in [5.74, 6) is 0.294. The summed E-state index contributed by atoms with van der Waals surface area (Å²) in [5.41, 5.74) is 0.665. The summed E-state index contributed by atoms with van der Waals surface area (Å²) in [5, 5.41) is 1.27. The van der Waals surface area contributed by atoms with Crippen LogP contribution in [0.5, 0.6) is 5.75 Å². The highest BCUT2D eigenvalue weighted by molar-refractivity contribution is 9.10. The van der Waals surface area contributed by atoms with E-state index in [2.05, 4.69) is 53.5 Å². The first-order valence-corrected chi connectivity index (χ1v) is 10.3. The SMILES string of the molecule is CCCCN1CC(C(C)(C)C)SC1=NC(=O)c1ccc(Br)cc1OC. The number of ether oxygens (including phenoxy) is 1. The zero-order valence-corrected chi connectivity index (χ0v) is 18.0. The van der Waals surface area contributed by atoms with Crippen LogP contribution < -0.4 is 4.74 Å². The van der Waals surface area contributed by atoms with Gasteiger partial charge in [0.1, 0.15) is 5.75 Å². The molecule has 1 aromatic rings. The van der Waals surface area contributed by atoms with E-state index < -0.39 is 0 Å². The van der Waals surface area contributed by atoms with Crippen molar-refractivity contribution in [3.8, 4) is 5.75 Å². The molecule has 1 heterocycles. The third-order valence-corrected chi connectivity index (χ3v) is 6.44. The number of carbonyl (C=O) groups is 1. The van der Waals surface area contributed by atoms with Gasteiger partial charge in [0.05, 0.1) is 12.7 Å². The van der Waals surface area contributed by atoms with Gasteiger partial charge in [-0.1, -0.05) is 61.8 Å². The van der Waals surface area contributed by atoms with Crippen LogP contribution in [-0.4, -0.2) is 41.4 Å². The highest BCUT2D eigenvalue weighted by Gasteiger charge is 2.36. The number of amidine groups is 1. The van der Waals surface area contributed by atoms with E-state index >= 15 is 0 Å². The Kier molecular flexibility index (Phi) is 6.97. The van der Waals surface area contributed by atoms with Crippen LogP contribution in [0.3, 0.4) is 0 Å². The maximum absolute atomic E-state index is 12.7. The predicted molar refractivity (Wildman–Crippen MR) is 110 cm³/mol. The van der Waals surface area contributed by atoms with Crippen molar-refractivity contribution in [1.82, 2.24) is 4.90 Å². The second-order valence-corrected chi connectivity index (χ2v) is 9.40. The van der Waals surface area contributed by atoms with E-state index in [0.29, 0.717) is 16.6 Å². The minimum Gasteiger partial charge on any atom is -0.496 e. The second-order valence-electron chi connectivity index (χ2n) is 7.32. The third-order valence-electron chi connectivity index (χ3n) is 4.24. The average molecular weight is 427 g/mol. The number of carbonyl (C=O) groups excluding carboxylic acids is 1. The molecule has 25 heavy (non-hydrogen) atoms. The van der Waals surface area contributed by atoms with Crippen molar-refractivity contribution in [2.75, 3.05) is 20.2 Å². The first-order valence-electron chi connectivity index (χ1n) is 8.64. The topological polar surface area (TPSA) is 41.9 Å². The zero-order valence-electron chi connectivity index (χ0n) is 15.6. The van der Waals surface area contributed by atoms with E-state index in [1.54, 1.807) is 31.0 Å². The van der Waals surface area contributed by atoms with Gasteiger partial charge >= 0.3 is 0 Å². The molecule has 1 aromatic carbocycles. The monoisotopic (exact) mass is 426 g/mol. The van der Waals surface area contributed by atoms with Crippen molar-refractivity contribution in [1.29, 1.82) is 0 Å². The summed E-state index contributed by atoms with van der Waals surface area (Å²) in [6, 6.07) is 5.39. The fraction of sp³-hybridized carbons (Fsp3) is 0.579. The lowest BCUT2D eigenvalue weighted by molar-refractivity contribution is 0.0999. The van der Waals surface area contributed by atoms with E-state index in [9.17, 15) is 4.79 Å². The number of amides is 1. The molecule has 1 amide bonds. The highest BCUT2D eigenvalue weighted by Crippen LogP contribution is 2.38. The molecule has 0 aromatic heterocycles. The normalized spacial score (nSPS) is 19.5. The summed E-state index contributed by atoms with van der Waals surface area (Å²) in [6.07, 6.45) is 2.23. The molecule has 6 heteroatoms. The number of thioether (sulfide) groups is 1. The quantitative estimate of drug-likeness (QED) is 0.646. The van der Waals surface area contributed by atoms with Gasteiger partial charge in [0.25, 0.3) is 5.91 Å². The highest BCUT2D eigenvalue weighted by atomic mass is 79.9. The Bertz CT molecular complexity index is 655. The molecule has 2 rings (SSSR count). The number of rotatable bonds is 5. The Balaban J connectivity index is 2.27. The summed E-state index contributed by atoms with van der Waals surface area (Å²) in [7, 11) is 1.57. The van der Waals surface area contributed by atoms with Gasteiger partial charge in [0, 0.05) is 22.8 Å². The third kappa shape index (κ3) is 5.23. The van der Waals surface area contributed by atoms with Gasteiger partial charge in [-0.15, -0.1) is 0 Å². The Hall–Kier alpha value is -1.01. The molecule has 0 radical (unpaired) electrons. The number of unbranched alkanes of at least 4 members (excludes halogenated alkanes) is 1. The molecule has 1 aliphatic rings. The van der Waals surface area contributed by atoms with Crippen LogP contribution in [-0.2, 0) is 0 Å². The fourth-order valence-electron chi connectivity index (χ4n) is 2.59. The van der Waals surface area contributed by atoms with Crippen molar-refractivity contribution in [3.63, 3.8) is 0 Å². The number of nitrogens with zero attached hydrogens (tertiary/aromatic N) is 2. The minimum atomic E-state index is -0.247. The molecule has 1 fully saturated rings. The van der Waals surface area contributed by atoms with Crippen LogP contribution in [0.15, 0.2) is 27.7 Å². The number of methoxy groups -OCH3 is 1. The van der Waals surface area contributed by atoms with Crippen molar-refractivity contribution >= 4 is 38.8 Å².